The van der Waals surface area contributed by atoms with E-state index in [1.165, 1.54) is 0 Å². The maximum atomic E-state index is 11.3. The van der Waals surface area contributed by atoms with Crippen molar-refractivity contribution in [2.24, 2.45) is 0 Å². The largest absolute Gasteiger partial charge is 0.481 e. The van der Waals surface area contributed by atoms with Gasteiger partial charge in [-0.25, -0.2) is 4.79 Å². The van der Waals surface area contributed by atoms with Crippen molar-refractivity contribution < 1.29 is 24.6 Å². The highest BCUT2D eigenvalue weighted by Gasteiger charge is 2.22. The predicted molar refractivity (Wildman–Crippen MR) is 60.5 cm³/mol. The van der Waals surface area contributed by atoms with E-state index in [1.807, 2.05) is 19.1 Å². The first-order valence-corrected chi connectivity index (χ1v) is 5.36. The van der Waals surface area contributed by atoms with Gasteiger partial charge in [-0.15, -0.1) is 0 Å². The van der Waals surface area contributed by atoms with Crippen molar-refractivity contribution in [2.45, 2.75) is 38.6 Å². The SMILES string of the molecule is CCC=CCCC(=O)NC(CC(=O)O)C(=O)O. The fraction of sp³-hybridized carbons (Fsp3) is 0.545. The van der Waals surface area contributed by atoms with Crippen LogP contribution in [0, 0.1) is 0 Å². The van der Waals surface area contributed by atoms with Crippen LogP contribution in [0.4, 0.5) is 0 Å². The molecule has 0 aromatic rings. The maximum Gasteiger partial charge on any atom is 0.326 e. The molecule has 1 amide bonds. The van der Waals surface area contributed by atoms with Crippen LogP contribution in [-0.4, -0.2) is 34.1 Å². The molecule has 0 aliphatic heterocycles. The van der Waals surface area contributed by atoms with Crippen molar-refractivity contribution in [1.82, 2.24) is 5.32 Å². The molecule has 0 spiro atoms. The van der Waals surface area contributed by atoms with Gasteiger partial charge in [-0.1, -0.05) is 19.1 Å². The van der Waals surface area contributed by atoms with Crippen molar-refractivity contribution in [3.05, 3.63) is 12.2 Å². The highest BCUT2D eigenvalue weighted by Crippen LogP contribution is 1.97. The molecule has 0 aromatic carbocycles. The van der Waals surface area contributed by atoms with Crippen LogP contribution >= 0.6 is 0 Å². The quantitative estimate of drug-likeness (QED) is 0.546. The Morgan fingerprint density at radius 2 is 1.88 bits per heavy atom. The van der Waals surface area contributed by atoms with Crippen LogP contribution in [0.15, 0.2) is 12.2 Å². The molecule has 0 aliphatic rings. The van der Waals surface area contributed by atoms with Gasteiger partial charge in [0.05, 0.1) is 6.42 Å². The Bertz CT molecular complexity index is 311. The Kier molecular flexibility index (Phi) is 7.41. The Morgan fingerprint density at radius 3 is 2.35 bits per heavy atom. The van der Waals surface area contributed by atoms with Gasteiger partial charge in [0.25, 0.3) is 0 Å². The van der Waals surface area contributed by atoms with Crippen molar-refractivity contribution in [3.63, 3.8) is 0 Å². The number of hydrogen-bond acceptors (Lipinski definition) is 3. The van der Waals surface area contributed by atoms with E-state index in [0.29, 0.717) is 6.42 Å². The smallest absolute Gasteiger partial charge is 0.326 e. The normalized spacial score (nSPS) is 12.3. The number of carbonyl (C=O) groups is 3. The van der Waals surface area contributed by atoms with Crippen LogP contribution in [0.25, 0.3) is 0 Å². The molecule has 1 unspecified atom stereocenters. The lowest BCUT2D eigenvalue weighted by Gasteiger charge is -2.11. The molecule has 6 nitrogen and oxygen atoms in total. The minimum atomic E-state index is -1.37. The third kappa shape index (κ3) is 8.01. The van der Waals surface area contributed by atoms with Crippen LogP contribution < -0.4 is 5.32 Å². The molecule has 0 heterocycles. The van der Waals surface area contributed by atoms with Crippen molar-refractivity contribution in [1.29, 1.82) is 0 Å². The number of nitrogens with one attached hydrogen (secondary N) is 1. The highest BCUT2D eigenvalue weighted by molar-refractivity contribution is 5.86. The number of carbonyl (C=O) groups excluding carboxylic acids is 1. The van der Waals surface area contributed by atoms with Gasteiger partial charge in [-0.2, -0.15) is 0 Å². The van der Waals surface area contributed by atoms with Crippen molar-refractivity contribution >= 4 is 17.8 Å². The van der Waals surface area contributed by atoms with Gasteiger partial charge in [-0.3, -0.25) is 9.59 Å². The van der Waals surface area contributed by atoms with Crippen LogP contribution in [0.2, 0.25) is 0 Å². The van der Waals surface area contributed by atoms with Gasteiger partial charge in [0.1, 0.15) is 6.04 Å². The highest BCUT2D eigenvalue weighted by atomic mass is 16.4. The second-order valence-electron chi connectivity index (χ2n) is 3.47. The third-order valence-electron chi connectivity index (χ3n) is 1.95. The van der Waals surface area contributed by atoms with Crippen LogP contribution in [0.3, 0.4) is 0 Å². The lowest BCUT2D eigenvalue weighted by Crippen LogP contribution is -2.42. The summed E-state index contributed by atoms with van der Waals surface area (Å²) in [6, 6.07) is -1.37. The number of amides is 1. The van der Waals surface area contributed by atoms with Gasteiger partial charge in [0.15, 0.2) is 0 Å². The monoisotopic (exact) mass is 243 g/mol. The zero-order valence-corrected chi connectivity index (χ0v) is 9.68. The van der Waals surface area contributed by atoms with E-state index < -0.39 is 30.3 Å². The molecule has 0 fully saturated rings. The number of carboxylic acid groups (broad SMARTS) is 2. The molecule has 3 N–H and O–H groups in total. The van der Waals surface area contributed by atoms with E-state index in [1.54, 1.807) is 0 Å². The van der Waals surface area contributed by atoms with Gasteiger partial charge in [-0.05, 0) is 12.8 Å². The summed E-state index contributed by atoms with van der Waals surface area (Å²) in [6.45, 7) is 1.96. The van der Waals surface area contributed by atoms with E-state index in [-0.39, 0.29) is 6.42 Å². The predicted octanol–water partition coefficient (Wildman–Crippen LogP) is 0.777. The zero-order chi connectivity index (χ0) is 13.3. The molecule has 96 valence electrons. The maximum absolute atomic E-state index is 11.3. The molecule has 0 saturated carbocycles. The molecule has 0 radical (unpaired) electrons. The second kappa shape index (κ2) is 8.32. The molecular formula is C11H17NO5. The van der Waals surface area contributed by atoms with Crippen LogP contribution in [-0.2, 0) is 14.4 Å². The lowest BCUT2D eigenvalue weighted by molar-refractivity contribution is -0.147. The summed E-state index contributed by atoms with van der Waals surface area (Å²) in [5.74, 6) is -3.06. The summed E-state index contributed by atoms with van der Waals surface area (Å²) >= 11 is 0. The van der Waals surface area contributed by atoms with E-state index in [4.69, 9.17) is 10.2 Å². The summed E-state index contributed by atoms with van der Waals surface area (Å²) in [6.07, 6.45) is 4.65. The first-order valence-electron chi connectivity index (χ1n) is 5.36. The number of aliphatic carboxylic acids is 2. The summed E-state index contributed by atoms with van der Waals surface area (Å²) in [5, 5.41) is 19.3. The summed E-state index contributed by atoms with van der Waals surface area (Å²) in [4.78, 5) is 32.3. The summed E-state index contributed by atoms with van der Waals surface area (Å²) in [5.41, 5.74) is 0. The molecule has 0 saturated heterocycles. The molecule has 0 rings (SSSR count). The average molecular weight is 243 g/mol. The molecular weight excluding hydrogens is 226 g/mol. The number of allylic oxidation sites excluding steroid dienone is 2. The van der Waals surface area contributed by atoms with Gasteiger partial charge in [0, 0.05) is 6.42 Å². The van der Waals surface area contributed by atoms with E-state index in [0.717, 1.165) is 6.42 Å². The molecule has 1 atom stereocenters. The number of hydrogen-bond donors (Lipinski definition) is 3. The number of rotatable bonds is 8. The fourth-order valence-corrected chi connectivity index (χ4v) is 1.14. The molecule has 0 aliphatic carbocycles. The summed E-state index contributed by atoms with van der Waals surface area (Å²) < 4.78 is 0. The summed E-state index contributed by atoms with van der Waals surface area (Å²) in [7, 11) is 0. The molecule has 0 aromatic heterocycles. The molecule has 6 heteroatoms. The number of carboxylic acids is 2. The Labute approximate surface area is 99.3 Å². The lowest BCUT2D eigenvalue weighted by atomic mass is 10.2. The minimum Gasteiger partial charge on any atom is -0.481 e. The first-order chi connectivity index (χ1) is 7.97. The van der Waals surface area contributed by atoms with Gasteiger partial charge in [0.2, 0.25) is 5.91 Å². The fourth-order valence-electron chi connectivity index (χ4n) is 1.14. The third-order valence-corrected chi connectivity index (χ3v) is 1.95. The molecule has 17 heavy (non-hydrogen) atoms. The topological polar surface area (TPSA) is 104 Å². The van der Waals surface area contributed by atoms with Crippen LogP contribution in [0.1, 0.15) is 32.6 Å². The average Bonchev–Trinajstić information content (AvgIpc) is 2.22. The van der Waals surface area contributed by atoms with Gasteiger partial charge < -0.3 is 15.5 Å². The first kappa shape index (κ1) is 15.2. The van der Waals surface area contributed by atoms with Crippen molar-refractivity contribution in [2.75, 3.05) is 0 Å². The minimum absolute atomic E-state index is 0.153. The van der Waals surface area contributed by atoms with E-state index in [9.17, 15) is 14.4 Å². The standard InChI is InChI=1S/C11H17NO5/c1-2-3-4-5-6-9(13)12-8(11(16)17)7-10(14)15/h3-4,8H,2,5-7H2,1H3,(H,12,13)(H,14,15)(H,16,17). The van der Waals surface area contributed by atoms with E-state index >= 15 is 0 Å². The Hall–Kier alpha value is -1.85. The van der Waals surface area contributed by atoms with Gasteiger partial charge >= 0.3 is 11.9 Å². The Morgan fingerprint density at radius 1 is 1.24 bits per heavy atom. The zero-order valence-electron chi connectivity index (χ0n) is 9.68. The van der Waals surface area contributed by atoms with Crippen molar-refractivity contribution in [3.8, 4) is 0 Å². The van der Waals surface area contributed by atoms with E-state index in [2.05, 4.69) is 5.32 Å². The second-order valence-corrected chi connectivity index (χ2v) is 3.47. The Balaban J connectivity index is 4.08. The van der Waals surface area contributed by atoms with Crippen LogP contribution in [0.5, 0.6) is 0 Å². The molecule has 0 bridgehead atoms.